The highest BCUT2D eigenvalue weighted by Gasteiger charge is 2.27. The largest absolute Gasteiger partial charge is 0.340 e. The van der Waals surface area contributed by atoms with E-state index < -0.39 is 0 Å². The van der Waals surface area contributed by atoms with Crippen LogP contribution >= 0.6 is 11.9 Å². The van der Waals surface area contributed by atoms with Crippen molar-refractivity contribution in [2.45, 2.75) is 37.0 Å². The van der Waals surface area contributed by atoms with Crippen LogP contribution < -0.4 is 10.6 Å². The topological polar surface area (TPSA) is 53.1 Å². The normalized spacial score (nSPS) is 15.2. The summed E-state index contributed by atoms with van der Waals surface area (Å²) >= 11 is 1.79. The van der Waals surface area contributed by atoms with Crippen molar-refractivity contribution in [3.8, 4) is 0 Å². The second-order valence-electron chi connectivity index (χ2n) is 9.47. The van der Waals surface area contributed by atoms with E-state index in [4.69, 9.17) is 0 Å². The van der Waals surface area contributed by atoms with Gasteiger partial charge in [0.15, 0.2) is 0 Å². The van der Waals surface area contributed by atoms with Gasteiger partial charge in [-0.1, -0.05) is 19.1 Å². The Bertz CT molecular complexity index is 1310. The van der Waals surface area contributed by atoms with Gasteiger partial charge in [0.05, 0.1) is 0 Å². The van der Waals surface area contributed by atoms with Crippen LogP contribution in [0.25, 0.3) is 0 Å². The summed E-state index contributed by atoms with van der Waals surface area (Å²) < 4.78 is 28.9. The molecule has 1 fully saturated rings. The summed E-state index contributed by atoms with van der Waals surface area (Å²) in [5, 5.41) is 6.40. The molecule has 196 valence electrons. The first kappa shape index (κ1) is 26.1. The number of rotatable bonds is 9. The zero-order valence-electron chi connectivity index (χ0n) is 21.3. The maximum atomic E-state index is 13.4. The lowest BCUT2D eigenvalue weighted by Gasteiger charge is -2.35. The lowest BCUT2D eigenvalue weighted by Crippen LogP contribution is -2.31. The van der Waals surface area contributed by atoms with Crippen molar-refractivity contribution in [3.63, 3.8) is 0 Å². The summed E-state index contributed by atoms with van der Waals surface area (Å²) in [5.74, 6) is 1.76. The van der Waals surface area contributed by atoms with E-state index in [1.165, 1.54) is 22.6 Å². The van der Waals surface area contributed by atoms with Crippen molar-refractivity contribution in [1.82, 2.24) is 14.3 Å². The van der Waals surface area contributed by atoms with Crippen molar-refractivity contribution < 1.29 is 8.78 Å². The Balaban J connectivity index is 1.12. The Morgan fingerprint density at radius 1 is 0.842 bits per heavy atom. The van der Waals surface area contributed by atoms with Crippen LogP contribution in [-0.2, 0) is 0 Å². The minimum atomic E-state index is -0.279. The van der Waals surface area contributed by atoms with E-state index in [9.17, 15) is 8.78 Å². The number of anilines is 4. The van der Waals surface area contributed by atoms with E-state index in [2.05, 4.69) is 44.0 Å². The van der Waals surface area contributed by atoms with Gasteiger partial charge in [0.2, 0.25) is 5.95 Å². The van der Waals surface area contributed by atoms with Crippen molar-refractivity contribution in [2.24, 2.45) is 5.92 Å². The second kappa shape index (κ2) is 12.4. The smallest absolute Gasteiger partial charge is 0.229 e. The van der Waals surface area contributed by atoms with Gasteiger partial charge in [-0.05, 0) is 115 Å². The molecule has 38 heavy (non-hydrogen) atoms. The van der Waals surface area contributed by atoms with E-state index in [0.717, 1.165) is 43.7 Å². The predicted octanol–water partition coefficient (Wildman–Crippen LogP) is 8.15. The van der Waals surface area contributed by atoms with Gasteiger partial charge in [0.1, 0.15) is 17.5 Å². The molecule has 0 spiro atoms. The Morgan fingerprint density at radius 2 is 1.45 bits per heavy atom. The maximum absolute atomic E-state index is 13.4. The summed E-state index contributed by atoms with van der Waals surface area (Å²) in [4.78, 5) is 9.99. The summed E-state index contributed by atoms with van der Waals surface area (Å²) in [7, 11) is 0. The van der Waals surface area contributed by atoms with Crippen molar-refractivity contribution >= 4 is 35.1 Å². The number of hydrogen-bond donors (Lipinski definition) is 2. The monoisotopic (exact) mass is 531 g/mol. The molecule has 8 heteroatoms. The average Bonchev–Trinajstić information content (AvgIpc) is 2.94. The molecule has 5 nitrogen and oxygen atoms in total. The van der Waals surface area contributed by atoms with Crippen LogP contribution in [0.3, 0.4) is 0 Å². The molecule has 0 aliphatic carbocycles. The molecule has 0 bridgehead atoms. The van der Waals surface area contributed by atoms with E-state index >= 15 is 0 Å². The Hall–Kier alpha value is -3.49. The standard InChI is InChI=1S/C30H31F2N5S/c1-2-28(21-3-5-23(31)6-4-21)22-16-19-37(20-17-22)38-27-13-11-26(12-14-27)35-30-33-18-15-29(36-30)34-25-9-7-24(32)8-10-25/h3-15,18,22,28H,2,16-17,19-20H2,1H3,(H2,33,34,35,36). The third kappa shape index (κ3) is 6.88. The molecule has 1 saturated heterocycles. The highest BCUT2D eigenvalue weighted by atomic mass is 32.2. The molecule has 1 atom stereocenters. The van der Waals surface area contributed by atoms with E-state index in [0.29, 0.717) is 23.6 Å². The molecule has 1 aromatic heterocycles. The Morgan fingerprint density at radius 3 is 2.11 bits per heavy atom. The lowest BCUT2D eigenvalue weighted by atomic mass is 9.79. The molecule has 0 radical (unpaired) electrons. The van der Waals surface area contributed by atoms with Crippen molar-refractivity contribution in [2.75, 3.05) is 23.7 Å². The predicted molar refractivity (Wildman–Crippen MR) is 151 cm³/mol. The fourth-order valence-electron chi connectivity index (χ4n) is 4.97. The third-order valence-electron chi connectivity index (χ3n) is 6.92. The fraction of sp³-hybridized carbons (Fsp3) is 0.267. The fourth-order valence-corrected chi connectivity index (χ4v) is 5.92. The molecule has 4 aromatic rings. The molecule has 5 rings (SSSR count). The summed E-state index contributed by atoms with van der Waals surface area (Å²) in [6, 6.07) is 23.2. The van der Waals surface area contributed by atoms with Crippen LogP contribution in [-0.4, -0.2) is 27.4 Å². The molecular formula is C30H31F2N5S. The van der Waals surface area contributed by atoms with Gasteiger partial charge >= 0.3 is 0 Å². The number of halogens is 2. The molecule has 3 aromatic carbocycles. The molecule has 0 saturated carbocycles. The molecule has 2 N–H and O–H groups in total. The number of benzene rings is 3. The van der Waals surface area contributed by atoms with Gasteiger partial charge in [-0.3, -0.25) is 0 Å². The highest BCUT2D eigenvalue weighted by Crippen LogP contribution is 2.38. The SMILES string of the molecule is CCC(c1ccc(F)cc1)C1CCN(Sc2ccc(Nc3nccc(Nc4ccc(F)cc4)n3)cc2)CC1. The zero-order chi connectivity index (χ0) is 26.3. The Labute approximate surface area is 226 Å². The summed E-state index contributed by atoms with van der Waals surface area (Å²) in [6.45, 7) is 4.30. The third-order valence-corrected chi connectivity index (χ3v) is 8.03. The first-order chi connectivity index (χ1) is 18.6. The molecule has 1 unspecified atom stereocenters. The van der Waals surface area contributed by atoms with Crippen molar-refractivity contribution in [3.05, 3.63) is 102 Å². The minimum Gasteiger partial charge on any atom is -0.340 e. The van der Waals surface area contributed by atoms with Crippen LogP contribution in [0.1, 0.15) is 37.7 Å². The number of piperidine rings is 1. The van der Waals surface area contributed by atoms with Crippen LogP contribution in [0.15, 0.2) is 90.0 Å². The lowest BCUT2D eigenvalue weighted by molar-refractivity contribution is 0.252. The first-order valence-corrected chi connectivity index (χ1v) is 13.7. The van der Waals surface area contributed by atoms with Gasteiger partial charge in [0, 0.05) is 35.6 Å². The summed E-state index contributed by atoms with van der Waals surface area (Å²) in [6.07, 6.45) is 5.03. The van der Waals surface area contributed by atoms with Crippen LogP contribution in [0.2, 0.25) is 0 Å². The average molecular weight is 532 g/mol. The number of nitrogens with one attached hydrogen (secondary N) is 2. The van der Waals surface area contributed by atoms with E-state index in [1.54, 1.807) is 48.5 Å². The van der Waals surface area contributed by atoms with Gasteiger partial charge < -0.3 is 10.6 Å². The molecule has 0 amide bonds. The first-order valence-electron chi connectivity index (χ1n) is 13.0. The molecule has 1 aliphatic heterocycles. The van der Waals surface area contributed by atoms with Gasteiger partial charge in [-0.2, -0.15) is 4.98 Å². The quantitative estimate of drug-likeness (QED) is 0.213. The number of aromatic nitrogens is 2. The van der Waals surface area contributed by atoms with E-state index in [-0.39, 0.29) is 11.6 Å². The van der Waals surface area contributed by atoms with Crippen LogP contribution in [0.4, 0.5) is 31.9 Å². The van der Waals surface area contributed by atoms with Gasteiger partial charge in [-0.25, -0.2) is 18.1 Å². The van der Waals surface area contributed by atoms with Crippen LogP contribution in [0, 0.1) is 17.6 Å². The van der Waals surface area contributed by atoms with Crippen molar-refractivity contribution in [1.29, 1.82) is 0 Å². The number of hydrogen-bond acceptors (Lipinski definition) is 6. The number of nitrogens with zero attached hydrogens (tertiary/aromatic N) is 3. The summed E-state index contributed by atoms with van der Waals surface area (Å²) in [5.41, 5.74) is 2.91. The van der Waals surface area contributed by atoms with Gasteiger partial charge in [0.25, 0.3) is 0 Å². The van der Waals surface area contributed by atoms with Gasteiger partial charge in [-0.15, -0.1) is 0 Å². The van der Waals surface area contributed by atoms with Crippen LogP contribution in [0.5, 0.6) is 0 Å². The minimum absolute atomic E-state index is 0.170. The molecular weight excluding hydrogens is 500 g/mol. The van der Waals surface area contributed by atoms with E-state index in [1.807, 2.05) is 24.3 Å². The maximum Gasteiger partial charge on any atom is 0.229 e. The highest BCUT2D eigenvalue weighted by molar-refractivity contribution is 7.97. The molecule has 1 aliphatic rings. The zero-order valence-corrected chi connectivity index (χ0v) is 22.1. The second-order valence-corrected chi connectivity index (χ2v) is 10.6. The molecule has 2 heterocycles. The Kier molecular flexibility index (Phi) is 8.51.